The fourth-order valence-corrected chi connectivity index (χ4v) is 2.31. The smallest absolute Gasteiger partial charge is 0.319 e. The maximum Gasteiger partial charge on any atom is 0.319 e. The number of aliphatic hydroxyl groups is 3. The minimum absolute atomic E-state index is 0.277. The number of carbonyl (C=O) groups excluding carboxylic acids is 1. The second-order valence-corrected chi connectivity index (χ2v) is 5.55. The average Bonchev–Trinajstić information content (AvgIpc) is 2.48. The van der Waals surface area contributed by atoms with Gasteiger partial charge in [-0.2, -0.15) is 0 Å². The van der Waals surface area contributed by atoms with Gasteiger partial charge in [-0.1, -0.05) is 13.3 Å². The van der Waals surface area contributed by atoms with E-state index in [0.29, 0.717) is 13.1 Å². The molecule has 7 nitrogen and oxygen atoms in total. The number of nitrogens with zero attached hydrogens (tertiary/aromatic N) is 1. The Morgan fingerprint density at radius 2 is 1.95 bits per heavy atom. The molecule has 1 heterocycles. The van der Waals surface area contributed by atoms with Crippen LogP contribution in [0.1, 0.15) is 26.7 Å². The van der Waals surface area contributed by atoms with Crippen molar-refractivity contribution >= 4 is 17.6 Å². The van der Waals surface area contributed by atoms with E-state index in [4.69, 9.17) is 16.3 Å². The lowest BCUT2D eigenvalue weighted by Gasteiger charge is -2.44. The molecule has 0 aromatic rings. The van der Waals surface area contributed by atoms with Crippen molar-refractivity contribution in [2.24, 2.45) is 0 Å². The molecule has 2 amide bonds. The summed E-state index contributed by atoms with van der Waals surface area (Å²) in [6.45, 7) is 4.24. The van der Waals surface area contributed by atoms with Crippen LogP contribution in [-0.2, 0) is 4.74 Å². The van der Waals surface area contributed by atoms with Crippen molar-refractivity contribution in [1.29, 1.82) is 0 Å². The molecule has 0 radical (unpaired) electrons. The third-order valence-corrected chi connectivity index (χ3v) is 3.71. The number of ether oxygens (including phenoxy) is 1. The minimum atomic E-state index is -1.37. The van der Waals surface area contributed by atoms with Gasteiger partial charge in [0.15, 0.2) is 6.23 Å². The molecule has 1 saturated heterocycles. The van der Waals surface area contributed by atoms with Gasteiger partial charge in [-0.05, 0) is 13.3 Å². The molecule has 0 bridgehead atoms. The zero-order chi connectivity index (χ0) is 16.0. The van der Waals surface area contributed by atoms with Crippen LogP contribution in [0.15, 0.2) is 0 Å². The van der Waals surface area contributed by atoms with Crippen LogP contribution in [-0.4, -0.2) is 75.9 Å². The first-order chi connectivity index (χ1) is 9.93. The lowest BCUT2D eigenvalue weighted by molar-refractivity contribution is -0.246. The van der Waals surface area contributed by atoms with Gasteiger partial charge in [0, 0.05) is 19.0 Å². The Bertz CT molecular complexity index is 334. The van der Waals surface area contributed by atoms with Crippen LogP contribution in [0.2, 0.25) is 0 Å². The molecule has 124 valence electrons. The molecule has 0 aromatic carbocycles. The van der Waals surface area contributed by atoms with Crippen molar-refractivity contribution in [3.05, 3.63) is 0 Å². The Kier molecular flexibility index (Phi) is 7.69. The molecule has 21 heavy (non-hydrogen) atoms. The SMILES string of the molecule is CCCCN(C(=O)NCCCl)C1O[C@@H](C)[C@H](O)[C@@H](O)[C@H]1O. The van der Waals surface area contributed by atoms with E-state index in [1.807, 2.05) is 6.92 Å². The Labute approximate surface area is 129 Å². The van der Waals surface area contributed by atoms with Gasteiger partial charge in [0.2, 0.25) is 0 Å². The largest absolute Gasteiger partial charge is 0.388 e. The number of amides is 2. The highest BCUT2D eigenvalue weighted by Gasteiger charge is 2.45. The van der Waals surface area contributed by atoms with Crippen molar-refractivity contribution in [2.45, 2.75) is 57.3 Å². The van der Waals surface area contributed by atoms with Crippen LogP contribution in [0.5, 0.6) is 0 Å². The van der Waals surface area contributed by atoms with Crippen LogP contribution in [0.4, 0.5) is 4.79 Å². The van der Waals surface area contributed by atoms with Crippen LogP contribution in [0.25, 0.3) is 0 Å². The number of aliphatic hydroxyl groups excluding tert-OH is 3. The molecule has 0 aromatic heterocycles. The minimum Gasteiger partial charge on any atom is -0.388 e. The molecule has 4 N–H and O–H groups in total. The molecular formula is C13H25ClN2O5. The highest BCUT2D eigenvalue weighted by atomic mass is 35.5. The maximum atomic E-state index is 12.2. The molecule has 8 heteroatoms. The number of rotatable bonds is 6. The van der Waals surface area contributed by atoms with Crippen molar-refractivity contribution in [1.82, 2.24) is 10.2 Å². The standard InChI is InChI=1S/C13H25ClN2O5/c1-3-4-7-16(13(20)15-6-5-14)12-11(19)10(18)9(17)8(2)21-12/h8-12,17-19H,3-7H2,1-2H3,(H,15,20)/t8-,9-,10+,11+,12?/m0/s1. The highest BCUT2D eigenvalue weighted by Crippen LogP contribution is 2.24. The van der Waals surface area contributed by atoms with Gasteiger partial charge in [0.05, 0.1) is 6.10 Å². The summed E-state index contributed by atoms with van der Waals surface area (Å²) in [4.78, 5) is 13.5. The van der Waals surface area contributed by atoms with Crippen molar-refractivity contribution in [3.63, 3.8) is 0 Å². The first-order valence-corrected chi connectivity index (χ1v) is 7.77. The molecule has 0 saturated carbocycles. The predicted octanol–water partition coefficient (Wildman–Crippen LogP) is -0.136. The van der Waals surface area contributed by atoms with Crippen LogP contribution < -0.4 is 5.32 Å². The van der Waals surface area contributed by atoms with Gasteiger partial charge in [0.25, 0.3) is 0 Å². The Hall–Kier alpha value is -0.600. The third-order valence-electron chi connectivity index (χ3n) is 3.52. The summed E-state index contributed by atoms with van der Waals surface area (Å²) >= 11 is 5.55. The molecule has 1 rings (SSSR count). The Morgan fingerprint density at radius 1 is 1.29 bits per heavy atom. The molecule has 1 aliphatic heterocycles. The van der Waals surface area contributed by atoms with Crippen LogP contribution in [0, 0.1) is 0 Å². The van der Waals surface area contributed by atoms with E-state index in [1.54, 1.807) is 6.92 Å². The van der Waals surface area contributed by atoms with Gasteiger partial charge in [-0.15, -0.1) is 11.6 Å². The molecule has 1 fully saturated rings. The van der Waals surface area contributed by atoms with Gasteiger partial charge in [-0.25, -0.2) is 4.79 Å². The van der Waals surface area contributed by atoms with Crippen LogP contribution >= 0.6 is 11.6 Å². The first-order valence-electron chi connectivity index (χ1n) is 7.24. The topological polar surface area (TPSA) is 102 Å². The lowest BCUT2D eigenvalue weighted by Crippen LogP contribution is -2.64. The van der Waals surface area contributed by atoms with Gasteiger partial charge >= 0.3 is 6.03 Å². The monoisotopic (exact) mass is 324 g/mol. The van der Waals surface area contributed by atoms with Gasteiger partial charge in [-0.3, -0.25) is 4.90 Å². The predicted molar refractivity (Wildman–Crippen MR) is 78.1 cm³/mol. The number of unbranched alkanes of at least 4 members (excludes halogenated alkanes) is 1. The number of hydrogen-bond acceptors (Lipinski definition) is 5. The number of carbonyl (C=O) groups is 1. The molecule has 0 spiro atoms. The quantitative estimate of drug-likeness (QED) is 0.510. The van der Waals surface area contributed by atoms with E-state index in [-0.39, 0.29) is 5.88 Å². The summed E-state index contributed by atoms with van der Waals surface area (Å²) in [7, 11) is 0. The first kappa shape index (κ1) is 18.4. The van der Waals surface area contributed by atoms with E-state index < -0.39 is 36.7 Å². The molecule has 1 aliphatic rings. The van der Waals surface area contributed by atoms with E-state index in [0.717, 1.165) is 12.8 Å². The Balaban J connectivity index is 2.82. The number of nitrogens with one attached hydrogen (secondary N) is 1. The second kappa shape index (κ2) is 8.75. The van der Waals surface area contributed by atoms with E-state index in [1.165, 1.54) is 4.90 Å². The highest BCUT2D eigenvalue weighted by molar-refractivity contribution is 6.18. The number of hydrogen-bond donors (Lipinski definition) is 4. The zero-order valence-corrected chi connectivity index (χ0v) is 13.2. The maximum absolute atomic E-state index is 12.2. The summed E-state index contributed by atoms with van der Waals surface area (Å²) < 4.78 is 5.51. The molecule has 1 unspecified atom stereocenters. The van der Waals surface area contributed by atoms with Crippen LogP contribution in [0.3, 0.4) is 0 Å². The van der Waals surface area contributed by atoms with Crippen molar-refractivity contribution in [3.8, 4) is 0 Å². The normalized spacial score (nSPS) is 32.8. The van der Waals surface area contributed by atoms with E-state index in [9.17, 15) is 20.1 Å². The molecule has 0 aliphatic carbocycles. The summed E-state index contributed by atoms with van der Waals surface area (Å²) in [5.41, 5.74) is 0. The number of halogens is 1. The van der Waals surface area contributed by atoms with Gasteiger partial charge < -0.3 is 25.4 Å². The number of alkyl halides is 1. The van der Waals surface area contributed by atoms with Crippen molar-refractivity contribution < 1.29 is 24.9 Å². The summed E-state index contributed by atoms with van der Waals surface area (Å²) in [6.07, 6.45) is -4.00. The zero-order valence-electron chi connectivity index (χ0n) is 12.4. The van der Waals surface area contributed by atoms with Gasteiger partial charge in [0.1, 0.15) is 18.3 Å². The van der Waals surface area contributed by atoms with Crippen molar-refractivity contribution in [2.75, 3.05) is 19.0 Å². The summed E-state index contributed by atoms with van der Waals surface area (Å²) in [5.74, 6) is 0.277. The summed E-state index contributed by atoms with van der Waals surface area (Å²) in [5, 5.41) is 32.3. The molecular weight excluding hydrogens is 300 g/mol. The van der Waals surface area contributed by atoms with E-state index >= 15 is 0 Å². The average molecular weight is 325 g/mol. The van der Waals surface area contributed by atoms with E-state index in [2.05, 4.69) is 5.32 Å². The fraction of sp³-hybridized carbons (Fsp3) is 0.923. The summed E-state index contributed by atoms with van der Waals surface area (Å²) in [6, 6.07) is -0.413. The Morgan fingerprint density at radius 3 is 2.52 bits per heavy atom. The third kappa shape index (κ3) is 4.69. The second-order valence-electron chi connectivity index (χ2n) is 5.17. The lowest BCUT2D eigenvalue weighted by atomic mass is 9.98. The fourth-order valence-electron chi connectivity index (χ4n) is 2.22. The number of urea groups is 1. The molecule has 5 atom stereocenters.